The molecule has 0 aliphatic rings. The number of aryl methyl sites for hydroxylation is 1. The van der Waals surface area contributed by atoms with Crippen molar-refractivity contribution in [2.75, 3.05) is 7.05 Å². The zero-order valence-electron chi connectivity index (χ0n) is 9.64. The first kappa shape index (κ1) is 10.8. The Hall–Kier alpha value is -1.67. The van der Waals surface area contributed by atoms with E-state index in [9.17, 15) is 0 Å². The van der Waals surface area contributed by atoms with Gasteiger partial charge in [-0.2, -0.15) is 0 Å². The molecule has 0 saturated heterocycles. The third-order valence-corrected chi connectivity index (χ3v) is 2.63. The number of hydrogen-bond donors (Lipinski definition) is 1. The van der Waals surface area contributed by atoms with Gasteiger partial charge in [-0.3, -0.25) is 4.98 Å². The van der Waals surface area contributed by atoms with E-state index in [-0.39, 0.29) is 6.04 Å². The maximum Gasteiger partial charge on any atom is 0.0749 e. The first-order valence-electron chi connectivity index (χ1n) is 5.47. The number of nitrogens with zero attached hydrogens (tertiary/aromatic N) is 1. The summed E-state index contributed by atoms with van der Waals surface area (Å²) in [6.07, 6.45) is 0. The number of rotatable bonds is 3. The van der Waals surface area contributed by atoms with Crippen LogP contribution in [0.1, 0.15) is 23.0 Å². The predicted molar refractivity (Wildman–Crippen MR) is 66.3 cm³/mol. The average Bonchev–Trinajstić information content (AvgIpc) is 2.31. The molecule has 2 rings (SSSR count). The predicted octanol–water partition coefficient (Wildman–Crippen LogP) is 2.70. The highest BCUT2D eigenvalue weighted by Gasteiger charge is 2.12. The number of nitrogens with one attached hydrogen (secondary N) is 1. The summed E-state index contributed by atoms with van der Waals surface area (Å²) in [5.74, 6) is 0. The molecule has 1 unspecified atom stereocenters. The first-order valence-corrected chi connectivity index (χ1v) is 5.47. The van der Waals surface area contributed by atoms with E-state index in [1.54, 1.807) is 0 Å². The van der Waals surface area contributed by atoms with Crippen LogP contribution in [0.3, 0.4) is 0 Å². The first-order chi connectivity index (χ1) is 7.81. The maximum absolute atomic E-state index is 4.56. The molecule has 0 fully saturated rings. The van der Waals surface area contributed by atoms with Crippen LogP contribution in [-0.4, -0.2) is 12.0 Å². The van der Waals surface area contributed by atoms with Crippen molar-refractivity contribution < 1.29 is 0 Å². The lowest BCUT2D eigenvalue weighted by Crippen LogP contribution is -2.18. The van der Waals surface area contributed by atoms with Gasteiger partial charge in [0.05, 0.1) is 11.7 Å². The standard InChI is InChI=1S/C14H16N2/c1-11-7-6-10-13(16-11)14(15-2)12-8-4-3-5-9-12/h3-10,14-15H,1-2H3. The average molecular weight is 212 g/mol. The second-order valence-corrected chi connectivity index (χ2v) is 3.84. The highest BCUT2D eigenvalue weighted by Crippen LogP contribution is 2.19. The molecule has 1 N–H and O–H groups in total. The van der Waals surface area contributed by atoms with Gasteiger partial charge in [-0.1, -0.05) is 36.4 Å². The van der Waals surface area contributed by atoms with Gasteiger partial charge in [-0.25, -0.2) is 0 Å². The van der Waals surface area contributed by atoms with E-state index in [1.165, 1.54) is 5.56 Å². The molecule has 0 amide bonds. The number of aromatic nitrogens is 1. The fourth-order valence-electron chi connectivity index (χ4n) is 1.86. The highest BCUT2D eigenvalue weighted by molar-refractivity contribution is 5.28. The van der Waals surface area contributed by atoms with Gasteiger partial charge in [-0.05, 0) is 31.7 Å². The monoisotopic (exact) mass is 212 g/mol. The van der Waals surface area contributed by atoms with Crippen LogP contribution in [0.4, 0.5) is 0 Å². The molecule has 0 spiro atoms. The molecule has 1 atom stereocenters. The summed E-state index contributed by atoms with van der Waals surface area (Å²) in [6.45, 7) is 2.02. The van der Waals surface area contributed by atoms with Crippen LogP contribution >= 0.6 is 0 Å². The highest BCUT2D eigenvalue weighted by atomic mass is 14.9. The second kappa shape index (κ2) is 4.90. The van der Waals surface area contributed by atoms with E-state index < -0.39 is 0 Å². The molecular formula is C14H16N2. The summed E-state index contributed by atoms with van der Waals surface area (Å²) >= 11 is 0. The van der Waals surface area contributed by atoms with Gasteiger partial charge in [-0.15, -0.1) is 0 Å². The SMILES string of the molecule is CNC(c1ccccc1)c1cccc(C)n1. The zero-order chi connectivity index (χ0) is 11.4. The maximum atomic E-state index is 4.56. The third-order valence-electron chi connectivity index (χ3n) is 2.63. The summed E-state index contributed by atoms with van der Waals surface area (Å²) in [5, 5.41) is 3.30. The van der Waals surface area contributed by atoms with Crippen LogP contribution in [0.2, 0.25) is 0 Å². The lowest BCUT2D eigenvalue weighted by molar-refractivity contribution is 0.669. The molecule has 82 valence electrons. The number of pyridine rings is 1. The van der Waals surface area contributed by atoms with Crippen LogP contribution in [0, 0.1) is 6.92 Å². The molecule has 0 aliphatic heterocycles. The van der Waals surface area contributed by atoms with E-state index in [1.807, 2.05) is 32.2 Å². The molecule has 2 nitrogen and oxygen atoms in total. The van der Waals surface area contributed by atoms with E-state index in [0.717, 1.165) is 11.4 Å². The van der Waals surface area contributed by atoms with Crippen LogP contribution in [0.15, 0.2) is 48.5 Å². The number of benzene rings is 1. The van der Waals surface area contributed by atoms with Crippen molar-refractivity contribution in [1.82, 2.24) is 10.3 Å². The topological polar surface area (TPSA) is 24.9 Å². The molecule has 0 saturated carbocycles. The third kappa shape index (κ3) is 2.28. The van der Waals surface area contributed by atoms with Gasteiger partial charge in [0, 0.05) is 5.69 Å². The Kier molecular flexibility index (Phi) is 3.32. The fraction of sp³-hybridized carbons (Fsp3) is 0.214. The minimum atomic E-state index is 0.168. The summed E-state index contributed by atoms with van der Waals surface area (Å²) in [5.41, 5.74) is 3.35. The quantitative estimate of drug-likeness (QED) is 0.846. The van der Waals surface area contributed by atoms with E-state index >= 15 is 0 Å². The Balaban J connectivity index is 2.37. The molecule has 0 bridgehead atoms. The van der Waals surface area contributed by atoms with E-state index in [0.29, 0.717) is 0 Å². The van der Waals surface area contributed by atoms with Crippen molar-refractivity contribution >= 4 is 0 Å². The van der Waals surface area contributed by atoms with Crippen molar-refractivity contribution in [2.45, 2.75) is 13.0 Å². The minimum absolute atomic E-state index is 0.168. The van der Waals surface area contributed by atoms with Gasteiger partial charge in [0.1, 0.15) is 0 Å². The van der Waals surface area contributed by atoms with E-state index in [4.69, 9.17) is 0 Å². The van der Waals surface area contributed by atoms with Crippen molar-refractivity contribution in [3.05, 3.63) is 65.5 Å². The van der Waals surface area contributed by atoms with Crippen LogP contribution in [0.5, 0.6) is 0 Å². The van der Waals surface area contributed by atoms with Gasteiger partial charge in [0.15, 0.2) is 0 Å². The Bertz CT molecular complexity index is 451. The van der Waals surface area contributed by atoms with Gasteiger partial charge >= 0.3 is 0 Å². The molecule has 16 heavy (non-hydrogen) atoms. The van der Waals surface area contributed by atoms with Crippen LogP contribution < -0.4 is 5.32 Å². The lowest BCUT2D eigenvalue weighted by Gasteiger charge is -2.16. The summed E-state index contributed by atoms with van der Waals surface area (Å²) < 4.78 is 0. The van der Waals surface area contributed by atoms with Gasteiger partial charge < -0.3 is 5.32 Å². The fourth-order valence-corrected chi connectivity index (χ4v) is 1.86. The molecule has 0 radical (unpaired) electrons. The van der Waals surface area contributed by atoms with Crippen molar-refractivity contribution in [2.24, 2.45) is 0 Å². The number of hydrogen-bond acceptors (Lipinski definition) is 2. The Labute approximate surface area is 96.4 Å². The lowest BCUT2D eigenvalue weighted by atomic mass is 10.0. The smallest absolute Gasteiger partial charge is 0.0749 e. The molecule has 1 heterocycles. The van der Waals surface area contributed by atoms with Crippen molar-refractivity contribution in [3.63, 3.8) is 0 Å². The van der Waals surface area contributed by atoms with Crippen LogP contribution in [-0.2, 0) is 0 Å². The molecule has 1 aromatic carbocycles. The van der Waals surface area contributed by atoms with E-state index in [2.05, 4.69) is 40.6 Å². The normalized spacial score (nSPS) is 12.4. The van der Waals surface area contributed by atoms with Crippen molar-refractivity contribution in [3.8, 4) is 0 Å². The Morgan fingerprint density at radius 2 is 1.75 bits per heavy atom. The summed E-state index contributed by atoms with van der Waals surface area (Å²) in [4.78, 5) is 4.56. The molecule has 1 aromatic heterocycles. The summed E-state index contributed by atoms with van der Waals surface area (Å²) in [6, 6.07) is 16.6. The minimum Gasteiger partial charge on any atom is -0.308 e. The molecule has 2 aromatic rings. The Morgan fingerprint density at radius 1 is 1.00 bits per heavy atom. The van der Waals surface area contributed by atoms with Crippen molar-refractivity contribution in [1.29, 1.82) is 0 Å². The van der Waals surface area contributed by atoms with Gasteiger partial charge in [0.25, 0.3) is 0 Å². The molecule has 2 heteroatoms. The molecular weight excluding hydrogens is 196 g/mol. The zero-order valence-corrected chi connectivity index (χ0v) is 9.64. The Morgan fingerprint density at radius 3 is 2.38 bits per heavy atom. The molecule has 0 aliphatic carbocycles. The van der Waals surface area contributed by atoms with Crippen LogP contribution in [0.25, 0.3) is 0 Å². The summed E-state index contributed by atoms with van der Waals surface area (Å²) in [7, 11) is 1.96. The second-order valence-electron chi connectivity index (χ2n) is 3.84. The largest absolute Gasteiger partial charge is 0.308 e. The van der Waals surface area contributed by atoms with Gasteiger partial charge in [0.2, 0.25) is 0 Å².